The zero-order valence-electron chi connectivity index (χ0n) is 5.48. The van der Waals surface area contributed by atoms with Crippen molar-refractivity contribution in [1.82, 2.24) is 0 Å². The van der Waals surface area contributed by atoms with E-state index in [0.29, 0.717) is 0 Å². The van der Waals surface area contributed by atoms with Crippen LogP contribution in [0.3, 0.4) is 0 Å². The lowest BCUT2D eigenvalue weighted by Gasteiger charge is -2.17. The molecular formula is C4H5ClO4S2. The van der Waals surface area contributed by atoms with Gasteiger partial charge in [-0.1, -0.05) is 0 Å². The Labute approximate surface area is 73.1 Å². The van der Waals surface area contributed by atoms with Gasteiger partial charge in [0.25, 0.3) is 10.3 Å². The third kappa shape index (κ3) is 13.2. The van der Waals surface area contributed by atoms with E-state index in [-0.39, 0.29) is 0 Å². The predicted octanol–water partition coefficient (Wildman–Crippen LogP) is -2.36. The van der Waals surface area contributed by atoms with Gasteiger partial charge in [-0.05, 0) is 6.92 Å². The van der Waals surface area contributed by atoms with Crippen molar-refractivity contribution in [2.24, 2.45) is 0 Å². The van der Waals surface area contributed by atoms with Gasteiger partial charge in [-0.2, -0.15) is 0 Å². The van der Waals surface area contributed by atoms with Crippen molar-refractivity contribution in [3.8, 4) is 0 Å². The SMILES string of the molecule is Cc1cc[s+]s1.[O-][Cl+3]([O-])([O-])[O-]. The highest BCUT2D eigenvalue weighted by molar-refractivity contribution is 7.68. The van der Waals surface area contributed by atoms with Crippen LogP contribution in [0.15, 0.2) is 11.4 Å². The monoisotopic (exact) mass is 216 g/mol. The van der Waals surface area contributed by atoms with E-state index in [1.807, 2.05) is 10.3 Å². The maximum absolute atomic E-state index is 8.49. The van der Waals surface area contributed by atoms with Crippen molar-refractivity contribution in [3.63, 3.8) is 0 Å². The molecule has 7 heteroatoms. The van der Waals surface area contributed by atoms with E-state index in [1.54, 1.807) is 10.3 Å². The van der Waals surface area contributed by atoms with Crippen molar-refractivity contribution < 1.29 is 28.9 Å². The molecule has 0 bridgehead atoms. The van der Waals surface area contributed by atoms with Crippen LogP contribution in [-0.2, 0) is 0 Å². The van der Waals surface area contributed by atoms with Crippen molar-refractivity contribution in [3.05, 3.63) is 16.3 Å². The molecule has 0 saturated carbocycles. The first-order chi connectivity index (χ1) is 4.89. The smallest absolute Gasteiger partial charge is 0.222 e. The van der Waals surface area contributed by atoms with Crippen LogP contribution in [0.4, 0.5) is 0 Å². The minimum Gasteiger partial charge on any atom is -0.222 e. The molecule has 1 aromatic heterocycles. The lowest BCUT2D eigenvalue weighted by atomic mass is 10.6. The fourth-order valence-electron chi connectivity index (χ4n) is 0.255. The Morgan fingerprint density at radius 1 is 1.36 bits per heavy atom. The molecule has 64 valence electrons. The number of hydrogen-bond acceptors (Lipinski definition) is 5. The van der Waals surface area contributed by atoms with Gasteiger partial charge in [-0.3, -0.25) is 0 Å². The van der Waals surface area contributed by atoms with Gasteiger partial charge in [-0.15, -0.1) is 10.2 Å². The average Bonchev–Trinajstić information content (AvgIpc) is 2.12. The third-order valence-electron chi connectivity index (χ3n) is 0.538. The van der Waals surface area contributed by atoms with Crippen LogP contribution in [0, 0.1) is 17.2 Å². The first-order valence-electron chi connectivity index (χ1n) is 2.35. The van der Waals surface area contributed by atoms with E-state index in [4.69, 9.17) is 18.6 Å². The molecule has 0 aliphatic rings. The highest BCUT2D eigenvalue weighted by Crippen LogP contribution is 2.11. The van der Waals surface area contributed by atoms with Crippen LogP contribution >= 0.6 is 20.7 Å². The van der Waals surface area contributed by atoms with Crippen LogP contribution < -0.4 is 18.6 Å². The van der Waals surface area contributed by atoms with E-state index in [2.05, 4.69) is 18.4 Å². The average molecular weight is 217 g/mol. The molecular weight excluding hydrogens is 212 g/mol. The summed E-state index contributed by atoms with van der Waals surface area (Å²) in [5, 5.41) is 2.10. The number of aryl methyl sites for hydroxylation is 1. The summed E-state index contributed by atoms with van der Waals surface area (Å²) in [5.74, 6) is 0. The van der Waals surface area contributed by atoms with Crippen LogP contribution in [0.5, 0.6) is 0 Å². The standard InChI is InChI=1S/C4H5S2.ClHO4/c1-4-2-3-5-6-4;2-1(3,4)5/h2-3H,1H3;(H,2,3,4,5)/q+1;/p-1. The maximum Gasteiger partial charge on any atom is 0.291 e. The lowest BCUT2D eigenvalue weighted by Crippen LogP contribution is -2.68. The first-order valence-corrected chi connectivity index (χ1v) is 5.79. The van der Waals surface area contributed by atoms with Gasteiger partial charge in [0.15, 0.2) is 10.3 Å². The second-order valence-corrected chi connectivity index (χ2v) is 4.58. The molecule has 0 saturated heterocycles. The van der Waals surface area contributed by atoms with E-state index < -0.39 is 10.2 Å². The predicted molar refractivity (Wildman–Crippen MR) is 31.3 cm³/mol. The van der Waals surface area contributed by atoms with Crippen molar-refractivity contribution in [2.75, 3.05) is 0 Å². The maximum atomic E-state index is 8.49. The summed E-state index contributed by atoms with van der Waals surface area (Å²) in [6.45, 7) is 2.11. The Morgan fingerprint density at radius 2 is 1.82 bits per heavy atom. The lowest BCUT2D eigenvalue weighted by molar-refractivity contribution is -2.00. The van der Waals surface area contributed by atoms with Crippen LogP contribution in [0.25, 0.3) is 0 Å². The molecule has 0 aromatic carbocycles. The van der Waals surface area contributed by atoms with Crippen LogP contribution in [0.2, 0.25) is 0 Å². The third-order valence-corrected chi connectivity index (χ3v) is 2.69. The minimum absolute atomic E-state index is 1.40. The quantitative estimate of drug-likeness (QED) is 0.358. The Hall–Kier alpha value is 0.180. The highest BCUT2D eigenvalue weighted by Gasteiger charge is 1.90. The molecule has 1 heterocycles. The Balaban J connectivity index is 0.000000187. The molecule has 1 aromatic rings. The molecule has 0 unspecified atom stereocenters. The largest absolute Gasteiger partial charge is 0.291 e. The van der Waals surface area contributed by atoms with Crippen LogP contribution in [-0.4, -0.2) is 0 Å². The van der Waals surface area contributed by atoms with Gasteiger partial charge in [0.1, 0.15) is 0 Å². The van der Waals surface area contributed by atoms with Gasteiger partial charge in [0.2, 0.25) is 5.38 Å². The normalized spacial score (nSPS) is 10.3. The van der Waals surface area contributed by atoms with Crippen molar-refractivity contribution >= 4 is 20.7 Å². The molecule has 0 atom stereocenters. The zero-order valence-corrected chi connectivity index (χ0v) is 7.87. The van der Waals surface area contributed by atoms with Crippen molar-refractivity contribution in [1.29, 1.82) is 0 Å². The molecule has 4 nitrogen and oxygen atoms in total. The molecule has 0 spiro atoms. The highest BCUT2D eigenvalue weighted by atomic mass is 35.7. The fraction of sp³-hybridized carbons (Fsp3) is 0.250. The van der Waals surface area contributed by atoms with Gasteiger partial charge in [-0.25, -0.2) is 18.6 Å². The van der Waals surface area contributed by atoms with Crippen molar-refractivity contribution in [2.45, 2.75) is 6.92 Å². The number of halogens is 1. The van der Waals surface area contributed by atoms with Gasteiger partial charge < -0.3 is 0 Å². The summed E-state index contributed by atoms with van der Waals surface area (Å²) in [7, 11) is -1.34. The summed E-state index contributed by atoms with van der Waals surface area (Å²) in [6.07, 6.45) is 0. The first kappa shape index (κ1) is 11.2. The molecule has 1 rings (SSSR count). The van der Waals surface area contributed by atoms with E-state index in [0.717, 1.165) is 0 Å². The molecule has 0 aliphatic heterocycles. The summed E-state index contributed by atoms with van der Waals surface area (Å²) in [4.78, 5) is 1.40. The van der Waals surface area contributed by atoms with Gasteiger partial charge in [0.05, 0.1) is 4.88 Å². The number of rotatable bonds is 0. The van der Waals surface area contributed by atoms with E-state index in [1.165, 1.54) is 4.88 Å². The van der Waals surface area contributed by atoms with E-state index >= 15 is 0 Å². The summed E-state index contributed by atoms with van der Waals surface area (Å²) in [5.41, 5.74) is 0. The topological polar surface area (TPSA) is 92.2 Å². The molecule has 0 fully saturated rings. The Morgan fingerprint density at radius 3 is 1.91 bits per heavy atom. The summed E-state index contributed by atoms with van der Waals surface area (Å²) < 4.78 is 34.0. The van der Waals surface area contributed by atoms with Gasteiger partial charge in [0, 0.05) is 6.07 Å². The molecule has 0 aliphatic carbocycles. The summed E-state index contributed by atoms with van der Waals surface area (Å²) >= 11 is 0. The molecule has 0 amide bonds. The second-order valence-electron chi connectivity index (χ2n) is 1.47. The summed E-state index contributed by atoms with van der Waals surface area (Å²) in [6, 6.07) is 2.12. The molecule has 0 radical (unpaired) electrons. The fourth-order valence-corrected chi connectivity index (χ4v) is 1.89. The molecule has 11 heavy (non-hydrogen) atoms. The van der Waals surface area contributed by atoms with Gasteiger partial charge >= 0.3 is 0 Å². The second kappa shape index (κ2) is 4.94. The number of hydrogen-bond donors (Lipinski definition) is 0. The Kier molecular flexibility index (Phi) is 5.02. The van der Waals surface area contributed by atoms with E-state index in [9.17, 15) is 0 Å². The minimum atomic E-state index is -4.94. The Bertz CT molecular complexity index is 176. The van der Waals surface area contributed by atoms with Crippen LogP contribution in [0.1, 0.15) is 4.88 Å². The molecule has 0 N–H and O–H groups in total. The zero-order chi connectivity index (χ0) is 8.91.